The second-order valence-corrected chi connectivity index (χ2v) is 6.78. The standard InChI is InChI=1S/C18H16F3NO2S/c1-24-17(23)13-4-7-16-15(10-13)22(8-9-25-16)11-12-2-5-14(6-3-12)18(19,20)21/h2-7,10H,8-9,11H2,1H3. The lowest BCUT2D eigenvalue weighted by Gasteiger charge is -2.31. The van der Waals surface area contributed by atoms with E-state index in [1.165, 1.54) is 19.2 Å². The van der Waals surface area contributed by atoms with Crippen molar-refractivity contribution in [3.8, 4) is 0 Å². The maximum absolute atomic E-state index is 12.7. The van der Waals surface area contributed by atoms with Crippen molar-refractivity contribution >= 4 is 23.4 Å². The highest BCUT2D eigenvalue weighted by atomic mass is 32.2. The lowest BCUT2D eigenvalue weighted by molar-refractivity contribution is -0.137. The van der Waals surface area contributed by atoms with Gasteiger partial charge in [0.05, 0.1) is 23.9 Å². The molecule has 1 heterocycles. The molecule has 0 fully saturated rings. The number of alkyl halides is 3. The van der Waals surface area contributed by atoms with Gasteiger partial charge in [0.25, 0.3) is 0 Å². The minimum Gasteiger partial charge on any atom is -0.465 e. The fourth-order valence-corrected chi connectivity index (χ4v) is 3.73. The number of benzene rings is 2. The summed E-state index contributed by atoms with van der Waals surface area (Å²) in [5, 5.41) is 0. The summed E-state index contributed by atoms with van der Waals surface area (Å²) in [6.45, 7) is 1.24. The summed E-state index contributed by atoms with van der Waals surface area (Å²) in [5.74, 6) is 0.471. The van der Waals surface area contributed by atoms with E-state index in [-0.39, 0.29) is 0 Å². The van der Waals surface area contributed by atoms with Crippen LogP contribution in [0.2, 0.25) is 0 Å². The summed E-state index contributed by atoms with van der Waals surface area (Å²) >= 11 is 1.69. The molecule has 0 saturated carbocycles. The number of fused-ring (bicyclic) bond motifs is 1. The number of esters is 1. The summed E-state index contributed by atoms with van der Waals surface area (Å²) in [7, 11) is 1.33. The molecule has 0 aromatic heterocycles. The zero-order valence-corrected chi connectivity index (χ0v) is 14.3. The Labute approximate surface area is 147 Å². The Bertz CT molecular complexity index is 775. The van der Waals surface area contributed by atoms with E-state index in [0.29, 0.717) is 12.1 Å². The van der Waals surface area contributed by atoms with Crippen LogP contribution in [0.1, 0.15) is 21.5 Å². The summed E-state index contributed by atoms with van der Waals surface area (Å²) in [5.41, 5.74) is 1.49. The Hall–Kier alpha value is -2.15. The van der Waals surface area contributed by atoms with E-state index in [1.54, 1.807) is 23.9 Å². The molecule has 2 aromatic carbocycles. The Kier molecular flexibility index (Phi) is 4.94. The molecule has 0 N–H and O–H groups in total. The van der Waals surface area contributed by atoms with Crippen LogP contribution < -0.4 is 4.90 Å². The molecule has 25 heavy (non-hydrogen) atoms. The first-order valence-electron chi connectivity index (χ1n) is 7.65. The number of thioether (sulfide) groups is 1. The Morgan fingerprint density at radius 3 is 2.56 bits per heavy atom. The fraction of sp³-hybridized carbons (Fsp3) is 0.278. The number of hydrogen-bond donors (Lipinski definition) is 0. The number of methoxy groups -OCH3 is 1. The number of ether oxygens (including phenoxy) is 1. The molecule has 3 rings (SSSR count). The van der Waals surface area contributed by atoms with Crippen LogP contribution in [-0.2, 0) is 17.5 Å². The SMILES string of the molecule is COC(=O)c1ccc2c(c1)N(Cc1ccc(C(F)(F)F)cc1)CCS2. The topological polar surface area (TPSA) is 29.5 Å². The van der Waals surface area contributed by atoms with Gasteiger partial charge in [-0.15, -0.1) is 11.8 Å². The average Bonchev–Trinajstić information content (AvgIpc) is 2.60. The molecule has 0 amide bonds. The second-order valence-electron chi connectivity index (χ2n) is 5.64. The van der Waals surface area contributed by atoms with Gasteiger partial charge in [-0.05, 0) is 35.9 Å². The summed E-state index contributed by atoms with van der Waals surface area (Å²) in [6, 6.07) is 10.6. The zero-order valence-electron chi connectivity index (χ0n) is 13.5. The number of halogens is 3. The molecule has 0 atom stereocenters. The number of nitrogens with zero attached hydrogens (tertiary/aromatic N) is 1. The van der Waals surface area contributed by atoms with Crippen molar-refractivity contribution in [3.05, 3.63) is 59.2 Å². The Balaban J connectivity index is 1.84. The van der Waals surface area contributed by atoms with Crippen molar-refractivity contribution in [2.24, 2.45) is 0 Å². The average molecular weight is 367 g/mol. The minimum absolute atomic E-state index is 0.409. The van der Waals surface area contributed by atoms with Gasteiger partial charge in [-0.3, -0.25) is 0 Å². The summed E-state index contributed by atoms with van der Waals surface area (Å²) in [6.07, 6.45) is -4.33. The van der Waals surface area contributed by atoms with Crippen LogP contribution in [0, 0.1) is 0 Å². The predicted molar refractivity (Wildman–Crippen MR) is 91.0 cm³/mol. The normalized spacial score (nSPS) is 14.2. The Morgan fingerprint density at radius 2 is 1.92 bits per heavy atom. The molecule has 132 valence electrons. The van der Waals surface area contributed by atoms with E-state index < -0.39 is 17.7 Å². The number of rotatable bonds is 3. The molecule has 2 aromatic rings. The van der Waals surface area contributed by atoms with Crippen molar-refractivity contribution in [1.82, 2.24) is 0 Å². The maximum atomic E-state index is 12.7. The van der Waals surface area contributed by atoms with E-state index in [4.69, 9.17) is 4.74 Å². The number of anilines is 1. The first-order valence-corrected chi connectivity index (χ1v) is 8.63. The van der Waals surface area contributed by atoms with Crippen LogP contribution in [0.3, 0.4) is 0 Å². The summed E-state index contributed by atoms with van der Waals surface area (Å²) in [4.78, 5) is 14.9. The third-order valence-electron chi connectivity index (χ3n) is 3.99. The van der Waals surface area contributed by atoms with Gasteiger partial charge in [0.15, 0.2) is 0 Å². The molecule has 1 aliphatic heterocycles. The van der Waals surface area contributed by atoms with Crippen molar-refractivity contribution in [3.63, 3.8) is 0 Å². The maximum Gasteiger partial charge on any atom is 0.416 e. The van der Waals surface area contributed by atoms with E-state index in [9.17, 15) is 18.0 Å². The van der Waals surface area contributed by atoms with Gasteiger partial charge in [-0.2, -0.15) is 13.2 Å². The van der Waals surface area contributed by atoms with Crippen molar-refractivity contribution in [1.29, 1.82) is 0 Å². The van der Waals surface area contributed by atoms with Crippen LogP contribution in [-0.4, -0.2) is 25.4 Å². The first kappa shape index (κ1) is 17.7. The molecule has 0 saturated heterocycles. The van der Waals surface area contributed by atoms with Gasteiger partial charge < -0.3 is 9.64 Å². The number of hydrogen-bond acceptors (Lipinski definition) is 4. The molecule has 0 unspecified atom stereocenters. The fourth-order valence-electron chi connectivity index (χ4n) is 2.70. The van der Waals surface area contributed by atoms with Gasteiger partial charge in [0.2, 0.25) is 0 Å². The third-order valence-corrected chi connectivity index (χ3v) is 5.04. The zero-order chi connectivity index (χ0) is 18.0. The highest BCUT2D eigenvalue weighted by molar-refractivity contribution is 7.99. The lowest BCUT2D eigenvalue weighted by atomic mass is 10.1. The Morgan fingerprint density at radius 1 is 1.20 bits per heavy atom. The van der Waals surface area contributed by atoms with Crippen molar-refractivity contribution in [2.75, 3.05) is 24.3 Å². The van der Waals surface area contributed by atoms with Crippen LogP contribution >= 0.6 is 11.8 Å². The quantitative estimate of drug-likeness (QED) is 0.742. The van der Waals surface area contributed by atoms with Gasteiger partial charge in [-0.1, -0.05) is 12.1 Å². The van der Waals surface area contributed by atoms with Gasteiger partial charge in [-0.25, -0.2) is 4.79 Å². The molecule has 1 aliphatic rings. The minimum atomic E-state index is -4.33. The number of carbonyl (C=O) groups is 1. The molecule has 0 bridgehead atoms. The smallest absolute Gasteiger partial charge is 0.416 e. The molecule has 0 radical (unpaired) electrons. The van der Waals surface area contributed by atoms with Gasteiger partial charge in [0.1, 0.15) is 0 Å². The van der Waals surface area contributed by atoms with Crippen LogP contribution in [0.25, 0.3) is 0 Å². The highest BCUT2D eigenvalue weighted by Gasteiger charge is 2.30. The lowest BCUT2D eigenvalue weighted by Crippen LogP contribution is -2.29. The van der Waals surface area contributed by atoms with E-state index >= 15 is 0 Å². The van der Waals surface area contributed by atoms with Crippen LogP contribution in [0.4, 0.5) is 18.9 Å². The van der Waals surface area contributed by atoms with Crippen molar-refractivity contribution in [2.45, 2.75) is 17.6 Å². The monoisotopic (exact) mass is 367 g/mol. The highest BCUT2D eigenvalue weighted by Crippen LogP contribution is 2.36. The first-order chi connectivity index (χ1) is 11.9. The molecule has 7 heteroatoms. The molecule has 0 aliphatic carbocycles. The van der Waals surface area contributed by atoms with Crippen LogP contribution in [0.5, 0.6) is 0 Å². The summed E-state index contributed by atoms with van der Waals surface area (Å²) < 4.78 is 42.8. The number of carbonyl (C=O) groups excluding carboxylic acids is 1. The third kappa shape index (κ3) is 3.92. The predicted octanol–water partition coefficient (Wildman–Crippen LogP) is 4.60. The molecule has 0 spiro atoms. The largest absolute Gasteiger partial charge is 0.465 e. The van der Waals surface area contributed by atoms with E-state index in [0.717, 1.165) is 40.6 Å². The molecular formula is C18H16F3NO2S. The van der Waals surface area contributed by atoms with E-state index in [2.05, 4.69) is 4.90 Å². The van der Waals surface area contributed by atoms with E-state index in [1.807, 2.05) is 6.07 Å². The van der Waals surface area contributed by atoms with Crippen molar-refractivity contribution < 1.29 is 22.7 Å². The molecular weight excluding hydrogens is 351 g/mol. The van der Waals surface area contributed by atoms with Gasteiger partial charge >= 0.3 is 12.1 Å². The molecule has 3 nitrogen and oxygen atoms in total. The van der Waals surface area contributed by atoms with Gasteiger partial charge in [0, 0.05) is 23.7 Å². The van der Waals surface area contributed by atoms with Crippen LogP contribution in [0.15, 0.2) is 47.4 Å². The second kappa shape index (κ2) is 7.00.